The number of carbonyl (C=O) groups excluding carboxylic acids is 1. The minimum Gasteiger partial charge on any atom is -0.486 e. The van der Waals surface area contributed by atoms with Gasteiger partial charge in [0.15, 0.2) is 0 Å². The second-order valence-corrected chi connectivity index (χ2v) is 11.3. The number of hydrogen-bond acceptors (Lipinski definition) is 5. The van der Waals surface area contributed by atoms with E-state index in [1.807, 2.05) is 68.4 Å². The maximum absolute atomic E-state index is 13.5. The highest BCUT2D eigenvalue weighted by atomic mass is 32.2. The number of esters is 1. The van der Waals surface area contributed by atoms with Crippen molar-refractivity contribution in [2.75, 3.05) is 6.61 Å². The third-order valence-electron chi connectivity index (χ3n) is 7.39. The smallest absolute Gasteiger partial charge is 0.309 e. The van der Waals surface area contributed by atoms with E-state index in [0.717, 1.165) is 40.0 Å². The molecule has 0 aromatic heterocycles. The fourth-order valence-corrected chi connectivity index (χ4v) is 7.80. The molecule has 2 aliphatic carbocycles. The van der Waals surface area contributed by atoms with Gasteiger partial charge in [0, 0.05) is 5.92 Å². The van der Waals surface area contributed by atoms with E-state index in [4.69, 9.17) is 9.47 Å². The highest BCUT2D eigenvalue weighted by Gasteiger charge is 2.46. The van der Waals surface area contributed by atoms with Crippen LogP contribution in [0.1, 0.15) is 65.5 Å². The monoisotopic (exact) mass is 474 g/mol. The summed E-state index contributed by atoms with van der Waals surface area (Å²) >= 11 is 0. The van der Waals surface area contributed by atoms with Crippen LogP contribution in [0.3, 0.4) is 0 Å². The largest absolute Gasteiger partial charge is 0.486 e. The van der Waals surface area contributed by atoms with Gasteiger partial charge in [0.1, 0.15) is 11.9 Å². The van der Waals surface area contributed by atoms with Gasteiger partial charge < -0.3 is 9.47 Å². The molecule has 3 aliphatic rings. The van der Waals surface area contributed by atoms with E-state index in [9.17, 15) is 13.2 Å². The lowest BCUT2D eigenvalue weighted by Gasteiger charge is -2.26. The van der Waals surface area contributed by atoms with Crippen LogP contribution in [-0.4, -0.2) is 21.0 Å². The molecular formula is C28H26O5S. The number of ether oxygens (including phenoxy) is 2. The molecule has 0 saturated heterocycles. The summed E-state index contributed by atoms with van der Waals surface area (Å²) in [4.78, 5) is 12.8. The van der Waals surface area contributed by atoms with Crippen LogP contribution < -0.4 is 4.74 Å². The summed E-state index contributed by atoms with van der Waals surface area (Å²) in [7, 11) is -3.56. The first kappa shape index (κ1) is 21.4. The number of fused-ring (bicyclic) bond motifs is 2. The summed E-state index contributed by atoms with van der Waals surface area (Å²) in [6.07, 6.45) is 1.31. The maximum atomic E-state index is 13.5. The van der Waals surface area contributed by atoms with Gasteiger partial charge in [-0.15, -0.1) is 0 Å². The Bertz CT molecular complexity index is 1410. The zero-order valence-corrected chi connectivity index (χ0v) is 20.0. The van der Waals surface area contributed by atoms with Crippen molar-refractivity contribution in [3.63, 3.8) is 0 Å². The number of sulfone groups is 1. The van der Waals surface area contributed by atoms with Crippen LogP contribution in [0.25, 0.3) is 0 Å². The van der Waals surface area contributed by atoms with Crippen LogP contribution >= 0.6 is 0 Å². The fraction of sp³-hybridized carbons (Fsp3) is 0.321. The second kappa shape index (κ2) is 7.70. The van der Waals surface area contributed by atoms with Crippen molar-refractivity contribution in [3.05, 3.63) is 88.5 Å². The van der Waals surface area contributed by atoms with Crippen LogP contribution in [0.4, 0.5) is 0 Å². The number of benzene rings is 3. The topological polar surface area (TPSA) is 69.7 Å². The van der Waals surface area contributed by atoms with Gasteiger partial charge in [-0.25, -0.2) is 8.42 Å². The Kier molecular flexibility index (Phi) is 4.85. The molecule has 0 bridgehead atoms. The van der Waals surface area contributed by atoms with Crippen molar-refractivity contribution >= 4 is 15.8 Å². The molecule has 5 nitrogen and oxygen atoms in total. The van der Waals surface area contributed by atoms with Gasteiger partial charge in [-0.2, -0.15) is 0 Å². The Labute approximate surface area is 199 Å². The zero-order chi connectivity index (χ0) is 23.6. The number of carbonyl (C=O) groups is 1. The standard InChI is InChI=1S/C28H26O5S/c1-3-32-28(29)23-14-21(23)17-10-12-18(13-11-17)33-24-15-22-19-7-4-6-16(2)27(19)34(30,31)25-9-5-8-20(24)26(22)25/h4-13,21-24H,3,14-15H2,1-2H3/t21-,22?,23+,24-/m1/s1. The maximum Gasteiger partial charge on any atom is 0.309 e. The molecule has 34 heavy (non-hydrogen) atoms. The molecule has 0 amide bonds. The number of rotatable bonds is 5. The summed E-state index contributed by atoms with van der Waals surface area (Å²) in [5, 5.41) is 0. The zero-order valence-electron chi connectivity index (χ0n) is 19.2. The molecule has 1 aliphatic heterocycles. The predicted octanol–water partition coefficient (Wildman–Crippen LogP) is 5.46. The molecule has 6 rings (SSSR count). The molecule has 174 valence electrons. The Hall–Kier alpha value is -3.12. The van der Waals surface area contributed by atoms with E-state index < -0.39 is 9.84 Å². The molecule has 3 aromatic carbocycles. The molecule has 0 radical (unpaired) electrons. The molecule has 1 saturated carbocycles. The molecular weight excluding hydrogens is 448 g/mol. The summed E-state index contributed by atoms with van der Waals surface area (Å²) in [6.45, 7) is 4.10. The van der Waals surface area contributed by atoms with Gasteiger partial charge in [-0.1, -0.05) is 42.5 Å². The van der Waals surface area contributed by atoms with Gasteiger partial charge in [-0.05, 0) is 78.6 Å². The van der Waals surface area contributed by atoms with Crippen molar-refractivity contribution < 1.29 is 22.7 Å². The predicted molar refractivity (Wildman–Crippen MR) is 127 cm³/mol. The second-order valence-electron chi connectivity index (χ2n) is 9.42. The molecule has 0 spiro atoms. The first-order chi connectivity index (χ1) is 16.4. The highest BCUT2D eigenvalue weighted by molar-refractivity contribution is 7.91. The van der Waals surface area contributed by atoms with E-state index in [1.165, 1.54) is 0 Å². The average molecular weight is 475 g/mol. The van der Waals surface area contributed by atoms with Crippen LogP contribution in [0.15, 0.2) is 70.5 Å². The number of aryl methyl sites for hydroxylation is 1. The highest BCUT2D eigenvalue weighted by Crippen LogP contribution is 2.54. The number of hydrogen-bond donors (Lipinski definition) is 0. The lowest BCUT2D eigenvalue weighted by molar-refractivity contribution is -0.144. The van der Waals surface area contributed by atoms with Crippen LogP contribution in [0, 0.1) is 12.8 Å². The third-order valence-corrected chi connectivity index (χ3v) is 9.42. The van der Waals surface area contributed by atoms with E-state index in [2.05, 4.69) is 0 Å². The van der Waals surface area contributed by atoms with E-state index in [-0.39, 0.29) is 29.8 Å². The fourth-order valence-electron chi connectivity index (χ4n) is 5.76. The minimum absolute atomic E-state index is 0.00528. The summed E-state index contributed by atoms with van der Waals surface area (Å²) < 4.78 is 38.5. The Morgan fingerprint density at radius 2 is 1.71 bits per heavy atom. The van der Waals surface area contributed by atoms with Crippen molar-refractivity contribution in [3.8, 4) is 5.75 Å². The van der Waals surface area contributed by atoms with Crippen molar-refractivity contribution in [1.82, 2.24) is 0 Å². The molecule has 1 fully saturated rings. The summed E-state index contributed by atoms with van der Waals surface area (Å²) in [5.74, 6) is 0.801. The average Bonchev–Trinajstić information content (AvgIpc) is 3.54. The molecule has 0 N–H and O–H groups in total. The van der Waals surface area contributed by atoms with E-state index >= 15 is 0 Å². The van der Waals surface area contributed by atoms with Gasteiger partial charge in [0.05, 0.1) is 22.3 Å². The minimum atomic E-state index is -3.56. The molecule has 6 heteroatoms. The molecule has 4 atom stereocenters. The summed E-state index contributed by atoms with van der Waals surface area (Å²) in [6, 6.07) is 19.2. The SMILES string of the molecule is CCOC(=O)[C@H]1C[C@@H]1c1ccc(O[C@@H]2CC3c4cccc(C)c4S(=O)(=O)c4cccc2c43)cc1. The Morgan fingerprint density at radius 3 is 2.47 bits per heavy atom. The normalized spacial score (nSPS) is 25.2. The van der Waals surface area contributed by atoms with Crippen LogP contribution in [0.2, 0.25) is 0 Å². The third kappa shape index (κ3) is 3.19. The van der Waals surface area contributed by atoms with Crippen LogP contribution in [-0.2, 0) is 19.4 Å². The Balaban J connectivity index is 1.28. The van der Waals surface area contributed by atoms with Gasteiger partial charge in [0.2, 0.25) is 9.84 Å². The van der Waals surface area contributed by atoms with E-state index in [1.54, 1.807) is 6.07 Å². The lowest BCUT2D eigenvalue weighted by atomic mass is 9.91. The van der Waals surface area contributed by atoms with Gasteiger partial charge in [0.25, 0.3) is 0 Å². The molecule has 1 unspecified atom stereocenters. The first-order valence-electron chi connectivity index (χ1n) is 11.8. The first-order valence-corrected chi connectivity index (χ1v) is 13.3. The van der Waals surface area contributed by atoms with Crippen molar-refractivity contribution in [2.24, 2.45) is 5.92 Å². The molecule has 3 aromatic rings. The van der Waals surface area contributed by atoms with Crippen LogP contribution in [0.5, 0.6) is 5.75 Å². The van der Waals surface area contributed by atoms with Gasteiger partial charge in [-0.3, -0.25) is 4.79 Å². The lowest BCUT2D eigenvalue weighted by Crippen LogP contribution is -2.18. The van der Waals surface area contributed by atoms with Crippen molar-refractivity contribution in [2.45, 2.75) is 54.4 Å². The molecule has 1 heterocycles. The Morgan fingerprint density at radius 1 is 0.971 bits per heavy atom. The quantitative estimate of drug-likeness (QED) is 0.459. The van der Waals surface area contributed by atoms with Crippen molar-refractivity contribution in [1.29, 1.82) is 0 Å². The summed E-state index contributed by atoms with van der Waals surface area (Å²) in [5.41, 5.74) is 4.62. The van der Waals surface area contributed by atoms with Gasteiger partial charge >= 0.3 is 5.97 Å². The van der Waals surface area contributed by atoms with E-state index in [0.29, 0.717) is 22.8 Å².